The zero-order valence-corrected chi connectivity index (χ0v) is 22.2. The molecule has 0 spiro atoms. The van der Waals surface area contributed by atoms with Crippen molar-refractivity contribution in [2.24, 2.45) is 0 Å². The van der Waals surface area contributed by atoms with Gasteiger partial charge in [-0.15, -0.1) is 10.2 Å². The van der Waals surface area contributed by atoms with Gasteiger partial charge in [-0.2, -0.15) is 0 Å². The number of aromatic nitrogens is 2. The van der Waals surface area contributed by atoms with Crippen LogP contribution in [0.2, 0.25) is 0 Å². The Hall–Kier alpha value is -5.25. The summed E-state index contributed by atoms with van der Waals surface area (Å²) in [6.45, 7) is 3.59. The second-order valence-electron chi connectivity index (χ2n) is 9.22. The van der Waals surface area contributed by atoms with Gasteiger partial charge in [0.1, 0.15) is 19.3 Å². The van der Waals surface area contributed by atoms with E-state index in [0.717, 1.165) is 22.3 Å². The van der Waals surface area contributed by atoms with Crippen molar-refractivity contribution in [3.63, 3.8) is 0 Å². The van der Waals surface area contributed by atoms with Crippen molar-refractivity contribution < 1.29 is 33.0 Å². The van der Waals surface area contributed by atoms with Crippen molar-refractivity contribution in [1.82, 2.24) is 15.5 Å². The zero-order valence-electron chi connectivity index (χ0n) is 22.2. The van der Waals surface area contributed by atoms with Gasteiger partial charge in [0.05, 0.1) is 19.1 Å². The van der Waals surface area contributed by atoms with Crippen molar-refractivity contribution in [1.29, 1.82) is 0 Å². The van der Waals surface area contributed by atoms with E-state index < -0.39 is 24.1 Å². The van der Waals surface area contributed by atoms with Crippen molar-refractivity contribution in [3.8, 4) is 22.6 Å². The maximum atomic E-state index is 12.9. The van der Waals surface area contributed by atoms with Gasteiger partial charge in [-0.1, -0.05) is 61.2 Å². The predicted octanol–water partition coefficient (Wildman–Crippen LogP) is 4.70. The van der Waals surface area contributed by atoms with Crippen LogP contribution in [0.5, 0.6) is 0 Å². The first-order valence-corrected chi connectivity index (χ1v) is 12.9. The fourth-order valence-electron chi connectivity index (χ4n) is 4.71. The van der Waals surface area contributed by atoms with Gasteiger partial charge in [0.15, 0.2) is 0 Å². The minimum atomic E-state index is -1.15. The first-order chi connectivity index (χ1) is 20.0. The number of carbonyl (C=O) groups is 3. The van der Waals surface area contributed by atoms with Crippen LogP contribution in [0.1, 0.15) is 33.3 Å². The molecular formula is C31H27N3O7. The number of rotatable bonds is 10. The summed E-state index contributed by atoms with van der Waals surface area (Å²) in [5, 5.41) is 10.6. The summed E-state index contributed by atoms with van der Waals surface area (Å²) >= 11 is 0. The molecule has 0 radical (unpaired) electrons. The average molecular weight is 554 g/mol. The Labute approximate surface area is 235 Å². The molecule has 1 N–H and O–H groups in total. The zero-order chi connectivity index (χ0) is 28.8. The summed E-state index contributed by atoms with van der Waals surface area (Å²) in [4.78, 5) is 37.3. The quantitative estimate of drug-likeness (QED) is 0.169. The third kappa shape index (κ3) is 6.01. The standard InChI is InChI=1S/C31H27N3O7/c1-3-16-39-30(36)26(17-27-33-34-28(41-27)19-12-14-20(15-13-19)29(35)38-2)32-31(37)40-18-25-23-10-6-4-8-21(23)22-9-5-7-11-24(22)25/h3-15,25-26H,1,16-18H2,2H3,(H,32,37)/t26-/m0/s1. The number of esters is 2. The maximum absolute atomic E-state index is 12.9. The molecule has 0 aliphatic heterocycles. The monoisotopic (exact) mass is 553 g/mol. The Morgan fingerprint density at radius 1 is 0.951 bits per heavy atom. The van der Waals surface area contributed by atoms with Crippen molar-refractivity contribution >= 4 is 18.0 Å². The molecule has 0 saturated heterocycles. The van der Waals surface area contributed by atoms with Crippen LogP contribution < -0.4 is 5.32 Å². The molecule has 1 aliphatic rings. The first kappa shape index (κ1) is 27.3. The van der Waals surface area contributed by atoms with E-state index in [1.807, 2.05) is 48.5 Å². The fraction of sp³-hybridized carbons (Fsp3) is 0.194. The highest BCUT2D eigenvalue weighted by Crippen LogP contribution is 2.44. The maximum Gasteiger partial charge on any atom is 0.407 e. The summed E-state index contributed by atoms with van der Waals surface area (Å²) in [7, 11) is 1.30. The van der Waals surface area contributed by atoms with Crippen LogP contribution in [-0.4, -0.2) is 54.6 Å². The molecule has 0 unspecified atom stereocenters. The lowest BCUT2D eigenvalue weighted by Gasteiger charge is -2.18. The van der Waals surface area contributed by atoms with Gasteiger partial charge in [0, 0.05) is 11.5 Å². The van der Waals surface area contributed by atoms with E-state index in [2.05, 4.69) is 22.1 Å². The van der Waals surface area contributed by atoms with Gasteiger partial charge in [0.25, 0.3) is 0 Å². The van der Waals surface area contributed by atoms with Crippen LogP contribution in [0, 0.1) is 0 Å². The van der Waals surface area contributed by atoms with Gasteiger partial charge in [-0.05, 0) is 46.5 Å². The largest absolute Gasteiger partial charge is 0.465 e. The summed E-state index contributed by atoms with van der Waals surface area (Å²) < 4.78 is 21.2. The number of nitrogens with one attached hydrogen (secondary N) is 1. The summed E-state index contributed by atoms with van der Waals surface area (Å²) in [5.74, 6) is -1.04. The SMILES string of the molecule is C=CCOC(=O)[C@H](Cc1nnc(-c2ccc(C(=O)OC)cc2)o1)NC(=O)OCC1c2ccccc2-c2ccccc21. The molecular weight excluding hydrogens is 526 g/mol. The molecule has 41 heavy (non-hydrogen) atoms. The lowest BCUT2D eigenvalue weighted by Crippen LogP contribution is -2.44. The highest BCUT2D eigenvalue weighted by molar-refractivity contribution is 5.89. The molecule has 1 amide bonds. The van der Waals surface area contributed by atoms with Crippen molar-refractivity contribution in [2.75, 3.05) is 20.3 Å². The Morgan fingerprint density at radius 3 is 2.24 bits per heavy atom. The van der Waals surface area contributed by atoms with Crippen LogP contribution in [-0.2, 0) is 25.4 Å². The van der Waals surface area contributed by atoms with E-state index in [-0.39, 0.29) is 37.3 Å². The predicted molar refractivity (Wildman–Crippen MR) is 148 cm³/mol. The Bertz CT molecular complexity index is 1530. The molecule has 208 valence electrons. The first-order valence-electron chi connectivity index (χ1n) is 12.9. The number of hydrogen-bond acceptors (Lipinski definition) is 9. The van der Waals surface area contributed by atoms with E-state index in [4.69, 9.17) is 18.6 Å². The number of hydrogen-bond donors (Lipinski definition) is 1. The van der Waals surface area contributed by atoms with E-state index in [1.54, 1.807) is 24.3 Å². The van der Waals surface area contributed by atoms with Crippen LogP contribution in [0.25, 0.3) is 22.6 Å². The molecule has 10 nitrogen and oxygen atoms in total. The van der Waals surface area contributed by atoms with Gasteiger partial charge in [0.2, 0.25) is 11.8 Å². The average Bonchev–Trinajstić information content (AvgIpc) is 3.61. The molecule has 4 aromatic rings. The number of ether oxygens (including phenoxy) is 3. The minimum absolute atomic E-state index is 0.0384. The Balaban J connectivity index is 1.26. The molecule has 1 atom stereocenters. The van der Waals surface area contributed by atoms with E-state index in [0.29, 0.717) is 11.1 Å². The van der Waals surface area contributed by atoms with Crippen molar-refractivity contribution in [2.45, 2.75) is 18.4 Å². The number of nitrogens with zero attached hydrogens (tertiary/aromatic N) is 2. The normalized spacial score (nSPS) is 12.5. The van der Waals surface area contributed by atoms with Gasteiger partial charge >= 0.3 is 18.0 Å². The summed E-state index contributed by atoms with van der Waals surface area (Å²) in [6, 6.07) is 21.3. The Kier molecular flexibility index (Phi) is 8.19. The lowest BCUT2D eigenvalue weighted by molar-refractivity contribution is -0.144. The second kappa shape index (κ2) is 12.3. The number of methoxy groups -OCH3 is 1. The van der Waals surface area contributed by atoms with Crippen molar-refractivity contribution in [3.05, 3.63) is 108 Å². The van der Waals surface area contributed by atoms with E-state index in [1.165, 1.54) is 13.2 Å². The smallest absolute Gasteiger partial charge is 0.407 e. The molecule has 1 heterocycles. The summed E-state index contributed by atoms with van der Waals surface area (Å²) in [6.07, 6.45) is 0.504. The van der Waals surface area contributed by atoms with Crippen LogP contribution in [0.3, 0.4) is 0 Å². The molecule has 0 saturated carbocycles. The van der Waals surface area contributed by atoms with Gasteiger partial charge < -0.3 is 23.9 Å². The highest BCUT2D eigenvalue weighted by atomic mass is 16.6. The number of fused-ring (bicyclic) bond motifs is 3. The van der Waals surface area contributed by atoms with Crippen LogP contribution in [0.4, 0.5) is 4.79 Å². The molecule has 1 aliphatic carbocycles. The van der Waals surface area contributed by atoms with Crippen LogP contribution >= 0.6 is 0 Å². The fourth-order valence-corrected chi connectivity index (χ4v) is 4.71. The number of benzene rings is 3. The second-order valence-corrected chi connectivity index (χ2v) is 9.22. The topological polar surface area (TPSA) is 130 Å². The third-order valence-corrected chi connectivity index (χ3v) is 6.66. The molecule has 5 rings (SSSR count). The number of carbonyl (C=O) groups excluding carboxylic acids is 3. The summed E-state index contributed by atoms with van der Waals surface area (Å²) in [5.41, 5.74) is 5.29. The highest BCUT2D eigenvalue weighted by Gasteiger charge is 2.30. The molecule has 10 heteroatoms. The Morgan fingerprint density at radius 2 is 1.61 bits per heavy atom. The minimum Gasteiger partial charge on any atom is -0.465 e. The molecule has 3 aromatic carbocycles. The molecule has 1 aromatic heterocycles. The number of amides is 1. The van der Waals surface area contributed by atoms with Gasteiger partial charge in [-0.3, -0.25) is 0 Å². The van der Waals surface area contributed by atoms with Gasteiger partial charge in [-0.25, -0.2) is 14.4 Å². The lowest BCUT2D eigenvalue weighted by atomic mass is 9.98. The third-order valence-electron chi connectivity index (χ3n) is 6.66. The number of alkyl carbamates (subject to hydrolysis) is 1. The van der Waals surface area contributed by atoms with E-state index in [9.17, 15) is 14.4 Å². The molecule has 0 bridgehead atoms. The van der Waals surface area contributed by atoms with Crippen LogP contribution in [0.15, 0.2) is 89.9 Å². The van der Waals surface area contributed by atoms with E-state index >= 15 is 0 Å². The molecule has 0 fully saturated rings.